The summed E-state index contributed by atoms with van der Waals surface area (Å²) in [5, 5.41) is 2.51. The van der Waals surface area contributed by atoms with E-state index in [4.69, 9.17) is 11.6 Å². The number of alkyl halides is 3. The van der Waals surface area contributed by atoms with Crippen LogP contribution >= 0.6 is 27.5 Å². The SMILES string of the molecule is O=C(Nc1cc(C(F)(F)F)ccc1Br)c1ccnc(Cl)c1. The minimum absolute atomic E-state index is 0.0164. The van der Waals surface area contributed by atoms with Gasteiger partial charge in [0.1, 0.15) is 5.15 Å². The highest BCUT2D eigenvalue weighted by Crippen LogP contribution is 2.34. The minimum Gasteiger partial charge on any atom is -0.321 e. The fourth-order valence-electron chi connectivity index (χ4n) is 1.54. The third-order valence-corrected chi connectivity index (χ3v) is 3.43. The molecule has 0 aliphatic rings. The van der Waals surface area contributed by atoms with Crippen molar-refractivity contribution >= 4 is 39.1 Å². The maximum atomic E-state index is 12.7. The molecule has 1 amide bonds. The maximum absolute atomic E-state index is 12.7. The van der Waals surface area contributed by atoms with Crippen molar-refractivity contribution in [1.82, 2.24) is 4.98 Å². The first kappa shape index (κ1) is 15.8. The number of hydrogen-bond donors (Lipinski definition) is 1. The molecule has 0 radical (unpaired) electrons. The van der Waals surface area contributed by atoms with Crippen molar-refractivity contribution < 1.29 is 18.0 Å². The smallest absolute Gasteiger partial charge is 0.321 e. The molecular formula is C13H7BrClF3N2O. The molecule has 1 aromatic heterocycles. The van der Waals surface area contributed by atoms with Crippen LogP contribution in [-0.4, -0.2) is 10.9 Å². The van der Waals surface area contributed by atoms with Crippen LogP contribution in [0.3, 0.4) is 0 Å². The number of aromatic nitrogens is 1. The van der Waals surface area contributed by atoms with E-state index in [0.29, 0.717) is 4.47 Å². The molecule has 2 aromatic rings. The fourth-order valence-corrected chi connectivity index (χ4v) is 2.06. The van der Waals surface area contributed by atoms with E-state index < -0.39 is 17.6 Å². The highest BCUT2D eigenvalue weighted by Gasteiger charge is 2.31. The van der Waals surface area contributed by atoms with Gasteiger partial charge in [0.25, 0.3) is 5.91 Å². The quantitative estimate of drug-likeness (QED) is 0.764. The number of rotatable bonds is 2. The number of nitrogens with zero attached hydrogens (tertiary/aromatic N) is 1. The topological polar surface area (TPSA) is 42.0 Å². The zero-order valence-corrected chi connectivity index (χ0v) is 12.6. The molecule has 0 aliphatic heterocycles. The van der Waals surface area contributed by atoms with Gasteiger partial charge >= 0.3 is 6.18 Å². The molecule has 1 N–H and O–H groups in total. The molecule has 0 saturated carbocycles. The number of anilines is 1. The number of carbonyl (C=O) groups excluding carboxylic acids is 1. The molecule has 0 bridgehead atoms. The van der Waals surface area contributed by atoms with Gasteiger partial charge in [0.05, 0.1) is 11.3 Å². The largest absolute Gasteiger partial charge is 0.416 e. The molecule has 0 saturated heterocycles. The number of halogens is 5. The van der Waals surface area contributed by atoms with E-state index >= 15 is 0 Å². The summed E-state index contributed by atoms with van der Waals surface area (Å²) in [6.45, 7) is 0. The predicted octanol–water partition coefficient (Wildman–Crippen LogP) is 4.77. The second-order valence-corrected chi connectivity index (χ2v) is 5.26. The second-order valence-electron chi connectivity index (χ2n) is 4.01. The summed E-state index contributed by atoms with van der Waals surface area (Å²) in [5.41, 5.74) is -0.643. The predicted molar refractivity (Wildman–Crippen MR) is 76.3 cm³/mol. The molecule has 21 heavy (non-hydrogen) atoms. The molecule has 110 valence electrons. The van der Waals surface area contributed by atoms with Crippen molar-refractivity contribution in [2.75, 3.05) is 5.32 Å². The average molecular weight is 380 g/mol. The monoisotopic (exact) mass is 378 g/mol. The number of pyridine rings is 1. The Morgan fingerprint density at radius 3 is 2.57 bits per heavy atom. The Balaban J connectivity index is 2.29. The minimum atomic E-state index is -4.49. The Bertz CT molecular complexity index is 691. The van der Waals surface area contributed by atoms with Crippen LogP contribution in [0.2, 0.25) is 5.15 Å². The Kier molecular flexibility index (Phi) is 4.53. The van der Waals surface area contributed by atoms with Gasteiger partial charge in [-0.25, -0.2) is 4.98 Å². The van der Waals surface area contributed by atoms with E-state index in [1.807, 2.05) is 0 Å². The van der Waals surface area contributed by atoms with E-state index in [0.717, 1.165) is 12.1 Å². The van der Waals surface area contributed by atoms with Crippen LogP contribution in [0.15, 0.2) is 41.0 Å². The molecule has 0 spiro atoms. The van der Waals surface area contributed by atoms with Crippen LogP contribution in [0.5, 0.6) is 0 Å². The third kappa shape index (κ3) is 3.95. The van der Waals surface area contributed by atoms with Crippen LogP contribution in [-0.2, 0) is 6.18 Å². The normalized spacial score (nSPS) is 11.3. The van der Waals surface area contributed by atoms with Gasteiger partial charge < -0.3 is 5.32 Å². The lowest BCUT2D eigenvalue weighted by Crippen LogP contribution is -2.13. The summed E-state index contributed by atoms with van der Waals surface area (Å²) in [6.07, 6.45) is -3.15. The molecular weight excluding hydrogens is 373 g/mol. The first-order valence-corrected chi connectivity index (χ1v) is 6.74. The van der Waals surface area contributed by atoms with Gasteiger partial charge in [-0.1, -0.05) is 11.6 Å². The van der Waals surface area contributed by atoms with Gasteiger partial charge in [0.15, 0.2) is 0 Å². The highest BCUT2D eigenvalue weighted by molar-refractivity contribution is 9.10. The van der Waals surface area contributed by atoms with E-state index in [-0.39, 0.29) is 16.4 Å². The van der Waals surface area contributed by atoms with Crippen LogP contribution < -0.4 is 5.32 Å². The van der Waals surface area contributed by atoms with Crippen LogP contribution in [0.4, 0.5) is 18.9 Å². The van der Waals surface area contributed by atoms with Gasteiger partial charge in [0, 0.05) is 16.2 Å². The van der Waals surface area contributed by atoms with E-state index in [1.165, 1.54) is 24.4 Å². The molecule has 0 aliphatic carbocycles. The van der Waals surface area contributed by atoms with Gasteiger partial charge in [0.2, 0.25) is 0 Å². The van der Waals surface area contributed by atoms with Gasteiger partial charge in [-0.05, 0) is 46.3 Å². The molecule has 2 rings (SSSR count). The number of amides is 1. The van der Waals surface area contributed by atoms with E-state index in [9.17, 15) is 18.0 Å². The Morgan fingerprint density at radius 2 is 1.95 bits per heavy atom. The standard InChI is InChI=1S/C13H7BrClF3N2O/c14-9-2-1-8(13(16,17)18)6-10(9)20-12(21)7-3-4-19-11(15)5-7/h1-6H,(H,20,21). The molecule has 1 aromatic carbocycles. The van der Waals surface area contributed by atoms with Crippen molar-refractivity contribution in [3.8, 4) is 0 Å². The van der Waals surface area contributed by atoms with Gasteiger partial charge in [-0.2, -0.15) is 13.2 Å². The average Bonchev–Trinajstić information content (AvgIpc) is 2.40. The summed E-state index contributed by atoms with van der Waals surface area (Å²) in [5.74, 6) is -0.584. The third-order valence-electron chi connectivity index (χ3n) is 2.53. The van der Waals surface area contributed by atoms with Crippen LogP contribution in [0.1, 0.15) is 15.9 Å². The zero-order valence-electron chi connectivity index (χ0n) is 10.2. The molecule has 8 heteroatoms. The summed E-state index contributed by atoms with van der Waals surface area (Å²) in [6, 6.07) is 5.72. The summed E-state index contributed by atoms with van der Waals surface area (Å²) < 4.78 is 38.3. The van der Waals surface area contributed by atoms with Crippen molar-refractivity contribution in [1.29, 1.82) is 0 Å². The highest BCUT2D eigenvalue weighted by atomic mass is 79.9. The zero-order chi connectivity index (χ0) is 15.6. The number of hydrogen-bond acceptors (Lipinski definition) is 2. The molecule has 0 atom stereocenters. The molecule has 3 nitrogen and oxygen atoms in total. The van der Waals surface area contributed by atoms with Crippen molar-refractivity contribution in [3.63, 3.8) is 0 Å². The number of nitrogens with one attached hydrogen (secondary N) is 1. The van der Waals surface area contributed by atoms with Crippen molar-refractivity contribution in [3.05, 3.63) is 57.3 Å². The van der Waals surface area contributed by atoms with Crippen molar-refractivity contribution in [2.24, 2.45) is 0 Å². The van der Waals surface area contributed by atoms with Gasteiger partial charge in [-0.15, -0.1) is 0 Å². The lowest BCUT2D eigenvalue weighted by Gasteiger charge is -2.12. The summed E-state index contributed by atoms with van der Waals surface area (Å²) >= 11 is 8.75. The number of carbonyl (C=O) groups is 1. The van der Waals surface area contributed by atoms with E-state index in [1.54, 1.807) is 0 Å². The lowest BCUT2D eigenvalue weighted by atomic mass is 10.2. The summed E-state index contributed by atoms with van der Waals surface area (Å²) in [7, 11) is 0. The Morgan fingerprint density at radius 1 is 1.24 bits per heavy atom. The summed E-state index contributed by atoms with van der Waals surface area (Å²) in [4.78, 5) is 15.7. The Labute approximate surface area is 131 Å². The first-order chi connectivity index (χ1) is 9.77. The van der Waals surface area contributed by atoms with Crippen LogP contribution in [0.25, 0.3) is 0 Å². The van der Waals surface area contributed by atoms with Crippen molar-refractivity contribution in [2.45, 2.75) is 6.18 Å². The second kappa shape index (κ2) is 6.03. The fraction of sp³-hybridized carbons (Fsp3) is 0.0769. The van der Waals surface area contributed by atoms with Gasteiger partial charge in [-0.3, -0.25) is 4.79 Å². The molecule has 0 fully saturated rings. The first-order valence-electron chi connectivity index (χ1n) is 5.57. The van der Waals surface area contributed by atoms with E-state index in [2.05, 4.69) is 26.2 Å². The number of benzene rings is 1. The maximum Gasteiger partial charge on any atom is 0.416 e. The molecule has 0 unspecified atom stereocenters. The van der Waals surface area contributed by atoms with Crippen LogP contribution in [0, 0.1) is 0 Å². The Hall–Kier alpha value is -1.60. The molecule has 1 heterocycles. The lowest BCUT2D eigenvalue weighted by molar-refractivity contribution is -0.137.